The van der Waals surface area contributed by atoms with Crippen molar-refractivity contribution in [3.05, 3.63) is 59.7 Å². The maximum Gasteiger partial charge on any atom is 0.492 e. The Bertz CT molecular complexity index is 1010. The highest BCUT2D eigenvalue weighted by atomic mass is 32.2. The van der Waals surface area contributed by atoms with Crippen molar-refractivity contribution < 1.29 is 36.0 Å². The van der Waals surface area contributed by atoms with E-state index in [1.165, 1.54) is 31.2 Å². The Morgan fingerprint density at radius 2 is 1.57 bits per heavy atom. The number of carbonyl (C=O) groups excluding carboxylic acids is 2. The van der Waals surface area contributed by atoms with Crippen LogP contribution in [-0.4, -0.2) is 30.9 Å². The topological polar surface area (TPSA) is 119 Å². The Morgan fingerprint density at radius 3 is 2.03 bits per heavy atom. The summed E-state index contributed by atoms with van der Waals surface area (Å²) in [6.45, 7) is 0.799. The van der Waals surface area contributed by atoms with Gasteiger partial charge in [-0.25, -0.2) is 13.2 Å². The number of anilines is 1. The molecule has 0 bridgehead atoms. The number of nitrogens with one attached hydrogen (secondary N) is 1. The third-order valence-electron chi connectivity index (χ3n) is 3.73. The second-order valence-corrected chi connectivity index (χ2v) is 7.90. The maximum atomic E-state index is 12.8. The summed E-state index contributed by atoms with van der Waals surface area (Å²) in [7, 11) is -4.66. The molecule has 0 unspecified atom stereocenters. The average Bonchev–Trinajstić information content (AvgIpc) is 2.67. The molecule has 0 aliphatic carbocycles. The highest BCUT2D eigenvalue weighted by Gasteiger charge is 2.44. The lowest BCUT2D eigenvalue weighted by Crippen LogP contribution is -2.38. The van der Waals surface area contributed by atoms with E-state index in [0.29, 0.717) is 5.56 Å². The zero-order chi connectivity index (χ0) is 22.5. The lowest BCUT2D eigenvalue weighted by Gasteiger charge is -2.22. The van der Waals surface area contributed by atoms with Crippen molar-refractivity contribution in [2.45, 2.75) is 31.1 Å². The number of carbonyl (C=O) groups is 2. The second-order valence-electron chi connectivity index (χ2n) is 6.07. The van der Waals surface area contributed by atoms with Gasteiger partial charge < -0.3 is 15.9 Å². The quantitative estimate of drug-likeness (QED) is 0.632. The molecule has 1 amide bonds. The van der Waals surface area contributed by atoms with E-state index in [-0.39, 0.29) is 22.3 Å². The summed E-state index contributed by atoms with van der Waals surface area (Å²) in [5, 5.41) is 2.42. The van der Waals surface area contributed by atoms with Gasteiger partial charge in [0, 0.05) is 19.2 Å². The van der Waals surface area contributed by atoms with E-state index in [9.17, 15) is 31.2 Å². The van der Waals surface area contributed by atoms with Gasteiger partial charge in [0.25, 0.3) is 10.0 Å². The van der Waals surface area contributed by atoms with Gasteiger partial charge in [0.05, 0.1) is 11.4 Å². The van der Waals surface area contributed by atoms with E-state index in [1.54, 1.807) is 12.1 Å². The highest BCUT2D eigenvalue weighted by Crippen LogP contribution is 2.24. The Morgan fingerprint density at radius 1 is 1.03 bits per heavy atom. The molecular formula is C18H18F3N3O5S. The molecule has 2 aromatic rings. The number of nitrogens with zero attached hydrogens (tertiary/aromatic N) is 1. The van der Waals surface area contributed by atoms with Crippen LogP contribution in [0.3, 0.4) is 0 Å². The largest absolute Gasteiger partial charge is 0.492 e. The molecule has 2 rings (SSSR count). The van der Waals surface area contributed by atoms with Crippen LogP contribution in [0.2, 0.25) is 0 Å². The molecule has 8 nitrogen and oxygen atoms in total. The lowest BCUT2D eigenvalue weighted by atomic mass is 10.1. The van der Waals surface area contributed by atoms with Crippen molar-refractivity contribution in [3.63, 3.8) is 0 Å². The molecule has 0 aromatic heterocycles. The first kappa shape index (κ1) is 23.3. The van der Waals surface area contributed by atoms with Crippen LogP contribution >= 0.6 is 0 Å². The van der Waals surface area contributed by atoms with Crippen LogP contribution < -0.4 is 11.1 Å². The van der Waals surface area contributed by atoms with Gasteiger partial charge in [0.15, 0.2) is 0 Å². The number of benzene rings is 2. The van der Waals surface area contributed by atoms with Crippen LogP contribution in [0.25, 0.3) is 0 Å². The molecule has 0 spiro atoms. The molecule has 3 N–H and O–H groups in total. The molecule has 30 heavy (non-hydrogen) atoms. The molecule has 2 aromatic carbocycles. The van der Waals surface area contributed by atoms with Crippen molar-refractivity contribution in [1.82, 2.24) is 4.47 Å². The van der Waals surface area contributed by atoms with Gasteiger partial charge in [0.1, 0.15) is 0 Å². The maximum absolute atomic E-state index is 12.8. The van der Waals surface area contributed by atoms with Crippen LogP contribution in [0, 0.1) is 0 Å². The molecule has 0 radical (unpaired) electrons. The number of nitrogens with two attached hydrogens (primary N) is 1. The standard InChI is InChI=1S/C18H18F3N3O5S/c1-12(25)23-15-6-8-16(9-7-15)30(27,28)24(29-17(26)18(19,20)21)11-14-4-2-13(10-22)3-5-14/h2-9H,10-11,22H2,1H3,(H,23,25). The molecule has 0 saturated carbocycles. The summed E-state index contributed by atoms with van der Waals surface area (Å²) in [6.07, 6.45) is -5.40. The molecule has 12 heteroatoms. The Labute approximate surface area is 170 Å². The van der Waals surface area contributed by atoms with E-state index < -0.39 is 39.5 Å². The SMILES string of the molecule is CC(=O)Nc1ccc(S(=O)(=O)N(Cc2ccc(CN)cc2)OC(=O)C(F)(F)F)cc1. The van der Waals surface area contributed by atoms with Gasteiger partial charge in [-0.1, -0.05) is 24.3 Å². The molecule has 162 valence electrons. The summed E-state index contributed by atoms with van der Waals surface area (Å²) in [5.41, 5.74) is 6.73. The summed E-state index contributed by atoms with van der Waals surface area (Å²) < 4.78 is 63.6. The number of amides is 1. The summed E-state index contributed by atoms with van der Waals surface area (Å²) in [4.78, 5) is 26.1. The minimum atomic E-state index is -5.40. The Hall–Kier alpha value is -2.96. The third kappa shape index (κ3) is 6.02. The molecule has 0 saturated heterocycles. The number of hydrogen-bond donors (Lipinski definition) is 2. The fourth-order valence-corrected chi connectivity index (χ4v) is 3.47. The summed E-state index contributed by atoms with van der Waals surface area (Å²) >= 11 is 0. The first-order valence-electron chi connectivity index (χ1n) is 8.41. The molecular weight excluding hydrogens is 427 g/mol. The van der Waals surface area contributed by atoms with Crippen LogP contribution in [0.4, 0.5) is 18.9 Å². The van der Waals surface area contributed by atoms with Gasteiger partial charge in [-0.15, -0.1) is 0 Å². The number of sulfonamides is 1. The first-order valence-corrected chi connectivity index (χ1v) is 9.85. The van der Waals surface area contributed by atoms with Gasteiger partial charge in [-0.2, -0.15) is 13.2 Å². The highest BCUT2D eigenvalue weighted by molar-refractivity contribution is 7.89. The van der Waals surface area contributed by atoms with Gasteiger partial charge in [-0.3, -0.25) is 4.79 Å². The normalized spacial score (nSPS) is 11.9. The second kappa shape index (κ2) is 9.24. The van der Waals surface area contributed by atoms with Crippen molar-refractivity contribution in [3.8, 4) is 0 Å². The number of alkyl halides is 3. The minimum Gasteiger partial charge on any atom is -0.345 e. The molecule has 0 fully saturated rings. The average molecular weight is 445 g/mol. The fourth-order valence-electron chi connectivity index (χ4n) is 2.27. The number of hydrogen-bond acceptors (Lipinski definition) is 6. The van der Waals surface area contributed by atoms with E-state index in [0.717, 1.165) is 12.1 Å². The fraction of sp³-hybridized carbons (Fsp3) is 0.222. The minimum absolute atomic E-state index is 0.0340. The van der Waals surface area contributed by atoms with Crippen molar-refractivity contribution in [2.75, 3.05) is 5.32 Å². The Balaban J connectivity index is 2.37. The van der Waals surface area contributed by atoms with Gasteiger partial charge in [0.2, 0.25) is 5.91 Å². The monoisotopic (exact) mass is 445 g/mol. The molecule has 0 atom stereocenters. The number of hydroxylamine groups is 1. The number of rotatable bonds is 7. The lowest BCUT2D eigenvalue weighted by molar-refractivity contribution is -0.223. The molecule has 0 aliphatic rings. The van der Waals surface area contributed by atoms with Gasteiger partial charge in [-0.05, 0) is 39.9 Å². The third-order valence-corrected chi connectivity index (χ3v) is 5.33. The zero-order valence-electron chi connectivity index (χ0n) is 15.6. The van der Waals surface area contributed by atoms with Crippen LogP contribution in [0.15, 0.2) is 53.4 Å². The van der Waals surface area contributed by atoms with E-state index in [1.807, 2.05) is 0 Å². The van der Waals surface area contributed by atoms with E-state index >= 15 is 0 Å². The van der Waals surface area contributed by atoms with Crippen molar-refractivity contribution in [1.29, 1.82) is 0 Å². The van der Waals surface area contributed by atoms with Crippen molar-refractivity contribution in [2.24, 2.45) is 5.73 Å². The van der Waals surface area contributed by atoms with Crippen molar-refractivity contribution >= 4 is 27.6 Å². The van der Waals surface area contributed by atoms with E-state index in [2.05, 4.69) is 10.2 Å². The van der Waals surface area contributed by atoms with Crippen LogP contribution in [-0.2, 0) is 37.5 Å². The first-order chi connectivity index (χ1) is 13.9. The van der Waals surface area contributed by atoms with Crippen LogP contribution in [0.1, 0.15) is 18.1 Å². The Kier molecular flexibility index (Phi) is 7.18. The predicted octanol–water partition coefficient (Wildman–Crippen LogP) is 2.32. The molecule has 0 aliphatic heterocycles. The van der Waals surface area contributed by atoms with Crippen LogP contribution in [0.5, 0.6) is 0 Å². The summed E-state index contributed by atoms with van der Waals surface area (Å²) in [6, 6.07) is 10.6. The van der Waals surface area contributed by atoms with E-state index in [4.69, 9.17) is 5.73 Å². The van der Waals surface area contributed by atoms with Gasteiger partial charge >= 0.3 is 12.1 Å². The number of halogens is 3. The zero-order valence-corrected chi connectivity index (χ0v) is 16.5. The molecule has 0 heterocycles. The predicted molar refractivity (Wildman–Crippen MR) is 100.0 cm³/mol. The smallest absolute Gasteiger partial charge is 0.345 e. The summed E-state index contributed by atoms with van der Waals surface area (Å²) in [5.74, 6) is -3.08.